The first kappa shape index (κ1) is 17.5. The van der Waals surface area contributed by atoms with Gasteiger partial charge in [0.15, 0.2) is 5.82 Å². The maximum Gasteiger partial charge on any atom is 0.151 e. The van der Waals surface area contributed by atoms with E-state index in [4.69, 9.17) is 0 Å². The Balaban J connectivity index is 1.43. The summed E-state index contributed by atoms with van der Waals surface area (Å²) >= 11 is 3.45. The van der Waals surface area contributed by atoms with Crippen molar-refractivity contribution in [2.24, 2.45) is 0 Å². The van der Waals surface area contributed by atoms with Gasteiger partial charge >= 0.3 is 0 Å². The van der Waals surface area contributed by atoms with Crippen LogP contribution in [0, 0.1) is 0 Å². The molecule has 0 atom stereocenters. The van der Waals surface area contributed by atoms with Crippen LogP contribution in [0.15, 0.2) is 77.7 Å². The summed E-state index contributed by atoms with van der Waals surface area (Å²) in [5.41, 5.74) is 3.01. The Hall–Kier alpha value is -2.86. The van der Waals surface area contributed by atoms with Crippen molar-refractivity contribution in [1.29, 1.82) is 0 Å². The smallest absolute Gasteiger partial charge is 0.151 e. The van der Waals surface area contributed by atoms with Gasteiger partial charge in [-0.25, -0.2) is 9.97 Å². The maximum absolute atomic E-state index is 4.66. The predicted molar refractivity (Wildman–Crippen MR) is 109 cm³/mol. The maximum atomic E-state index is 4.66. The number of imidazole rings is 1. The Bertz CT molecular complexity index is 1010. The molecule has 2 aromatic heterocycles. The lowest BCUT2D eigenvalue weighted by Gasteiger charge is -2.08. The Morgan fingerprint density at radius 1 is 0.926 bits per heavy atom. The van der Waals surface area contributed by atoms with E-state index < -0.39 is 0 Å². The molecule has 0 N–H and O–H groups in total. The van der Waals surface area contributed by atoms with Gasteiger partial charge in [-0.2, -0.15) is 5.10 Å². The first-order chi connectivity index (χ1) is 13.3. The summed E-state index contributed by atoms with van der Waals surface area (Å²) < 4.78 is 3.21. The number of nitrogens with zero attached hydrogens (tertiary/aromatic N) is 5. The third-order valence-electron chi connectivity index (χ3n) is 4.29. The van der Waals surface area contributed by atoms with Crippen LogP contribution in [0.25, 0.3) is 22.6 Å². The molecular formula is C21H18BrN5. The van der Waals surface area contributed by atoms with Crippen molar-refractivity contribution in [3.63, 3.8) is 0 Å². The Kier molecular flexibility index (Phi) is 5.34. The third kappa shape index (κ3) is 4.28. The van der Waals surface area contributed by atoms with E-state index in [9.17, 15) is 0 Å². The van der Waals surface area contributed by atoms with Crippen LogP contribution in [0.2, 0.25) is 0 Å². The molecule has 2 aromatic carbocycles. The molecule has 0 fully saturated rings. The molecular weight excluding hydrogens is 402 g/mol. The highest BCUT2D eigenvalue weighted by atomic mass is 79.9. The van der Waals surface area contributed by atoms with E-state index >= 15 is 0 Å². The second kappa shape index (κ2) is 8.22. The van der Waals surface area contributed by atoms with Crippen LogP contribution in [0.3, 0.4) is 0 Å². The lowest BCUT2D eigenvalue weighted by molar-refractivity contribution is 0.628. The zero-order chi connectivity index (χ0) is 18.5. The number of benzene rings is 2. The van der Waals surface area contributed by atoms with Crippen LogP contribution in [-0.2, 0) is 13.0 Å². The molecule has 134 valence electrons. The van der Waals surface area contributed by atoms with Gasteiger partial charge in [-0.1, -0.05) is 58.4 Å². The van der Waals surface area contributed by atoms with Gasteiger partial charge in [0, 0.05) is 41.0 Å². The lowest BCUT2D eigenvalue weighted by atomic mass is 10.1. The average molecular weight is 420 g/mol. The molecule has 5 nitrogen and oxygen atoms in total. The highest BCUT2D eigenvalue weighted by Gasteiger charge is 2.07. The summed E-state index contributed by atoms with van der Waals surface area (Å²) in [6.07, 6.45) is 7.25. The van der Waals surface area contributed by atoms with Crippen molar-refractivity contribution < 1.29 is 0 Å². The predicted octanol–water partition coefficient (Wildman–Crippen LogP) is 4.80. The molecule has 27 heavy (non-hydrogen) atoms. The SMILES string of the molecule is Brc1ccc(-c2cnnc(CCCn3ccnc3-c3ccccc3)n2)cc1. The summed E-state index contributed by atoms with van der Waals surface area (Å²) in [5, 5.41) is 8.31. The van der Waals surface area contributed by atoms with Crippen molar-refractivity contribution in [2.75, 3.05) is 0 Å². The Labute approximate surface area is 166 Å². The molecule has 0 aliphatic carbocycles. The van der Waals surface area contributed by atoms with Crippen LogP contribution in [0.1, 0.15) is 12.2 Å². The van der Waals surface area contributed by atoms with Gasteiger partial charge in [-0.3, -0.25) is 0 Å². The van der Waals surface area contributed by atoms with Crippen molar-refractivity contribution >= 4 is 15.9 Å². The molecule has 0 aliphatic rings. The van der Waals surface area contributed by atoms with Gasteiger partial charge < -0.3 is 4.57 Å². The largest absolute Gasteiger partial charge is 0.331 e. The normalized spacial score (nSPS) is 10.9. The fourth-order valence-corrected chi connectivity index (χ4v) is 3.22. The lowest BCUT2D eigenvalue weighted by Crippen LogP contribution is -2.04. The third-order valence-corrected chi connectivity index (χ3v) is 4.82. The van der Waals surface area contributed by atoms with Crippen LogP contribution < -0.4 is 0 Å². The standard InChI is InChI=1S/C21H18BrN5/c22-18-10-8-16(9-11-18)19-15-24-26-20(25-19)7-4-13-27-14-12-23-21(27)17-5-2-1-3-6-17/h1-3,5-6,8-12,14-15H,4,7,13H2. The number of rotatable bonds is 6. The first-order valence-corrected chi connectivity index (χ1v) is 9.60. The molecule has 0 bridgehead atoms. The van der Waals surface area contributed by atoms with Crippen LogP contribution in [0.5, 0.6) is 0 Å². The monoisotopic (exact) mass is 419 g/mol. The average Bonchev–Trinajstić information content (AvgIpc) is 3.18. The highest BCUT2D eigenvalue weighted by molar-refractivity contribution is 9.10. The van der Waals surface area contributed by atoms with Gasteiger partial charge in [-0.05, 0) is 18.6 Å². The molecule has 4 aromatic rings. The summed E-state index contributed by atoms with van der Waals surface area (Å²) in [7, 11) is 0. The van der Waals surface area contributed by atoms with Gasteiger partial charge in [0.2, 0.25) is 0 Å². The van der Waals surface area contributed by atoms with Crippen LogP contribution >= 0.6 is 15.9 Å². The van der Waals surface area contributed by atoms with E-state index in [1.165, 1.54) is 0 Å². The number of aryl methyl sites for hydroxylation is 2. The number of aromatic nitrogens is 5. The minimum absolute atomic E-state index is 0.761. The number of hydrogen-bond acceptors (Lipinski definition) is 4. The van der Waals surface area contributed by atoms with E-state index in [1.807, 2.05) is 54.9 Å². The molecule has 0 amide bonds. The van der Waals surface area contributed by atoms with E-state index in [0.717, 1.165) is 52.3 Å². The number of hydrogen-bond donors (Lipinski definition) is 0. The van der Waals surface area contributed by atoms with E-state index in [0.29, 0.717) is 0 Å². The number of halogens is 1. The molecule has 0 saturated carbocycles. The van der Waals surface area contributed by atoms with Gasteiger partial charge in [0.1, 0.15) is 5.82 Å². The van der Waals surface area contributed by atoms with E-state index in [-0.39, 0.29) is 0 Å². The highest BCUT2D eigenvalue weighted by Crippen LogP contribution is 2.20. The fourth-order valence-electron chi connectivity index (χ4n) is 2.95. The van der Waals surface area contributed by atoms with Crippen molar-refractivity contribution in [1.82, 2.24) is 24.7 Å². The van der Waals surface area contributed by atoms with Gasteiger partial charge in [-0.15, -0.1) is 5.10 Å². The molecule has 0 aliphatic heterocycles. The summed E-state index contributed by atoms with van der Waals surface area (Å²) in [6, 6.07) is 18.3. The molecule has 2 heterocycles. The van der Waals surface area contributed by atoms with Gasteiger partial charge in [0.05, 0.1) is 11.9 Å². The second-order valence-electron chi connectivity index (χ2n) is 6.18. The molecule has 4 rings (SSSR count). The Morgan fingerprint density at radius 2 is 1.74 bits per heavy atom. The zero-order valence-electron chi connectivity index (χ0n) is 14.7. The van der Waals surface area contributed by atoms with E-state index in [2.05, 4.69) is 52.8 Å². The molecule has 6 heteroatoms. The summed E-state index contributed by atoms with van der Waals surface area (Å²) in [5.74, 6) is 1.75. The van der Waals surface area contributed by atoms with Gasteiger partial charge in [0.25, 0.3) is 0 Å². The second-order valence-corrected chi connectivity index (χ2v) is 7.09. The molecule has 0 saturated heterocycles. The summed E-state index contributed by atoms with van der Waals surface area (Å²) in [4.78, 5) is 9.15. The molecule has 0 unspecified atom stereocenters. The van der Waals surface area contributed by atoms with Crippen molar-refractivity contribution in [3.05, 3.63) is 83.5 Å². The Morgan fingerprint density at radius 3 is 2.56 bits per heavy atom. The topological polar surface area (TPSA) is 56.5 Å². The van der Waals surface area contributed by atoms with Crippen molar-refractivity contribution in [3.8, 4) is 22.6 Å². The first-order valence-electron chi connectivity index (χ1n) is 8.81. The quantitative estimate of drug-likeness (QED) is 0.450. The van der Waals surface area contributed by atoms with Crippen molar-refractivity contribution in [2.45, 2.75) is 19.4 Å². The molecule has 0 spiro atoms. The molecule has 0 radical (unpaired) electrons. The zero-order valence-corrected chi connectivity index (χ0v) is 16.2. The minimum atomic E-state index is 0.761. The summed E-state index contributed by atoms with van der Waals surface area (Å²) in [6.45, 7) is 0.857. The van der Waals surface area contributed by atoms with Crippen LogP contribution in [0.4, 0.5) is 0 Å². The minimum Gasteiger partial charge on any atom is -0.331 e. The van der Waals surface area contributed by atoms with Crippen LogP contribution in [-0.4, -0.2) is 24.7 Å². The fraction of sp³-hybridized carbons (Fsp3) is 0.143. The van der Waals surface area contributed by atoms with E-state index in [1.54, 1.807) is 6.20 Å².